The molecular weight excluding hydrogens is 186 g/mol. The van der Waals surface area contributed by atoms with Crippen LogP contribution < -0.4 is 0 Å². The maximum atomic E-state index is 11.5. The van der Waals surface area contributed by atoms with E-state index in [-0.39, 0.29) is 12.5 Å². The van der Waals surface area contributed by atoms with E-state index in [1.807, 2.05) is 23.6 Å². The van der Waals surface area contributed by atoms with Gasteiger partial charge in [-0.2, -0.15) is 11.8 Å². The minimum atomic E-state index is 0.147. The molecule has 0 spiro atoms. The van der Waals surface area contributed by atoms with Crippen LogP contribution in [0.1, 0.15) is 13.3 Å². The first-order chi connectivity index (χ1) is 6.34. The molecule has 0 saturated carbocycles. The van der Waals surface area contributed by atoms with Crippen LogP contribution in [0.25, 0.3) is 0 Å². The lowest BCUT2D eigenvalue weighted by atomic mass is 10.4. The molecule has 0 aliphatic carbocycles. The Morgan fingerprint density at radius 2 is 2.15 bits per heavy atom. The Labute approximate surface area is 83.8 Å². The van der Waals surface area contributed by atoms with Gasteiger partial charge in [-0.3, -0.25) is 4.79 Å². The van der Waals surface area contributed by atoms with Crippen molar-refractivity contribution in [2.24, 2.45) is 0 Å². The average Bonchev–Trinajstić information content (AvgIpc) is 2.19. The van der Waals surface area contributed by atoms with E-state index >= 15 is 0 Å². The first-order valence-corrected chi connectivity index (χ1v) is 5.93. The van der Waals surface area contributed by atoms with Crippen LogP contribution in [-0.4, -0.2) is 48.6 Å². The summed E-state index contributed by atoms with van der Waals surface area (Å²) in [6.07, 6.45) is 0.975. The zero-order chi connectivity index (χ0) is 9.52. The van der Waals surface area contributed by atoms with Crippen molar-refractivity contribution in [1.82, 2.24) is 4.90 Å². The molecule has 1 heterocycles. The van der Waals surface area contributed by atoms with Crippen LogP contribution in [0.3, 0.4) is 0 Å². The van der Waals surface area contributed by atoms with Gasteiger partial charge >= 0.3 is 0 Å². The summed E-state index contributed by atoms with van der Waals surface area (Å²) >= 11 is 1.91. The lowest BCUT2D eigenvalue weighted by molar-refractivity contribution is -0.135. The van der Waals surface area contributed by atoms with Crippen molar-refractivity contribution in [1.29, 1.82) is 0 Å². The van der Waals surface area contributed by atoms with Crippen molar-refractivity contribution >= 4 is 17.7 Å². The number of hydrogen-bond acceptors (Lipinski definition) is 3. The first kappa shape index (κ1) is 10.9. The number of hydrogen-bond donors (Lipinski definition) is 0. The predicted octanol–water partition coefficient (Wildman–Crippen LogP) is 0.988. The van der Waals surface area contributed by atoms with Crippen molar-refractivity contribution in [3.63, 3.8) is 0 Å². The monoisotopic (exact) mass is 203 g/mol. The summed E-state index contributed by atoms with van der Waals surface area (Å²) in [6.45, 7) is 4.77. The van der Waals surface area contributed by atoms with E-state index in [0.717, 1.165) is 31.0 Å². The lowest BCUT2D eigenvalue weighted by Crippen LogP contribution is -2.40. The molecule has 3 nitrogen and oxygen atoms in total. The number of ether oxygens (including phenoxy) is 1. The molecule has 0 aromatic heterocycles. The number of carbonyl (C=O) groups is 1. The van der Waals surface area contributed by atoms with E-state index in [1.165, 1.54) is 0 Å². The number of rotatable bonds is 4. The van der Waals surface area contributed by atoms with Crippen LogP contribution >= 0.6 is 11.8 Å². The number of amides is 1. The van der Waals surface area contributed by atoms with E-state index in [9.17, 15) is 4.79 Å². The van der Waals surface area contributed by atoms with Gasteiger partial charge in [-0.05, 0) is 6.42 Å². The molecule has 1 fully saturated rings. The Balaban J connectivity index is 2.13. The molecule has 1 saturated heterocycles. The number of nitrogens with zero attached hydrogens (tertiary/aromatic N) is 1. The molecule has 0 atom stereocenters. The van der Waals surface area contributed by atoms with Crippen LogP contribution in [0.15, 0.2) is 0 Å². The molecule has 0 N–H and O–H groups in total. The fraction of sp³-hybridized carbons (Fsp3) is 0.889. The van der Waals surface area contributed by atoms with Gasteiger partial charge in [0, 0.05) is 31.2 Å². The van der Waals surface area contributed by atoms with Crippen molar-refractivity contribution in [2.45, 2.75) is 13.3 Å². The molecule has 0 aromatic rings. The molecule has 1 rings (SSSR count). The van der Waals surface area contributed by atoms with E-state index in [0.29, 0.717) is 6.61 Å². The molecule has 0 bridgehead atoms. The van der Waals surface area contributed by atoms with Gasteiger partial charge in [0.05, 0.1) is 0 Å². The van der Waals surface area contributed by atoms with Gasteiger partial charge in [0.1, 0.15) is 6.61 Å². The Bertz CT molecular complexity index is 158. The predicted molar refractivity (Wildman–Crippen MR) is 55.0 cm³/mol. The molecule has 0 aromatic carbocycles. The summed E-state index contributed by atoms with van der Waals surface area (Å²) in [6, 6.07) is 0. The minimum Gasteiger partial charge on any atom is -0.372 e. The third kappa shape index (κ3) is 4.00. The first-order valence-electron chi connectivity index (χ1n) is 4.78. The van der Waals surface area contributed by atoms with Crippen LogP contribution in [0.2, 0.25) is 0 Å². The van der Waals surface area contributed by atoms with Gasteiger partial charge in [0.25, 0.3) is 0 Å². The second-order valence-electron chi connectivity index (χ2n) is 3.05. The largest absolute Gasteiger partial charge is 0.372 e. The Morgan fingerprint density at radius 1 is 1.46 bits per heavy atom. The Hall–Kier alpha value is -0.220. The van der Waals surface area contributed by atoms with Crippen LogP contribution in [0.5, 0.6) is 0 Å². The maximum Gasteiger partial charge on any atom is 0.248 e. The molecule has 76 valence electrons. The summed E-state index contributed by atoms with van der Waals surface area (Å²) in [5.74, 6) is 2.28. The highest BCUT2D eigenvalue weighted by molar-refractivity contribution is 7.99. The fourth-order valence-electron chi connectivity index (χ4n) is 1.21. The van der Waals surface area contributed by atoms with Crippen LogP contribution in [0, 0.1) is 0 Å². The highest BCUT2D eigenvalue weighted by Crippen LogP contribution is 2.08. The van der Waals surface area contributed by atoms with Crippen LogP contribution in [-0.2, 0) is 9.53 Å². The van der Waals surface area contributed by atoms with Crippen LogP contribution in [0.4, 0.5) is 0 Å². The normalized spacial score (nSPS) is 17.5. The molecule has 4 heteroatoms. The average molecular weight is 203 g/mol. The summed E-state index contributed by atoms with van der Waals surface area (Å²) < 4.78 is 5.20. The molecule has 13 heavy (non-hydrogen) atoms. The Morgan fingerprint density at radius 3 is 2.77 bits per heavy atom. The zero-order valence-corrected chi connectivity index (χ0v) is 8.94. The lowest BCUT2D eigenvalue weighted by Gasteiger charge is -2.26. The summed E-state index contributed by atoms with van der Waals surface area (Å²) in [5, 5.41) is 0. The van der Waals surface area contributed by atoms with E-state index in [4.69, 9.17) is 4.74 Å². The highest BCUT2D eigenvalue weighted by atomic mass is 32.2. The van der Waals surface area contributed by atoms with E-state index < -0.39 is 0 Å². The zero-order valence-electron chi connectivity index (χ0n) is 8.12. The summed E-state index contributed by atoms with van der Waals surface area (Å²) in [7, 11) is 0. The topological polar surface area (TPSA) is 29.5 Å². The van der Waals surface area contributed by atoms with Crippen molar-refractivity contribution in [3.05, 3.63) is 0 Å². The second-order valence-corrected chi connectivity index (χ2v) is 4.27. The molecular formula is C9H17NO2S. The summed E-state index contributed by atoms with van der Waals surface area (Å²) in [5.41, 5.74) is 0. The third-order valence-corrected chi connectivity index (χ3v) is 2.88. The maximum absolute atomic E-state index is 11.5. The van der Waals surface area contributed by atoms with Crippen molar-refractivity contribution in [2.75, 3.05) is 37.8 Å². The van der Waals surface area contributed by atoms with Gasteiger partial charge in [-0.25, -0.2) is 0 Å². The quantitative estimate of drug-likeness (QED) is 0.638. The SMILES string of the molecule is CCCOCC(=O)N1CCSCC1. The molecule has 0 unspecified atom stereocenters. The van der Waals surface area contributed by atoms with Gasteiger partial charge in [0.2, 0.25) is 5.91 Å². The van der Waals surface area contributed by atoms with Gasteiger partial charge in [-0.1, -0.05) is 6.92 Å². The van der Waals surface area contributed by atoms with Crippen molar-refractivity contribution < 1.29 is 9.53 Å². The summed E-state index contributed by atoms with van der Waals surface area (Å²) in [4.78, 5) is 13.4. The standard InChI is InChI=1S/C9H17NO2S/c1-2-5-12-8-9(11)10-3-6-13-7-4-10/h2-8H2,1H3. The van der Waals surface area contributed by atoms with Gasteiger partial charge in [0.15, 0.2) is 0 Å². The fourth-order valence-corrected chi connectivity index (χ4v) is 2.11. The second kappa shape index (κ2) is 6.27. The number of carbonyl (C=O) groups excluding carboxylic acids is 1. The van der Waals surface area contributed by atoms with Gasteiger partial charge in [-0.15, -0.1) is 0 Å². The smallest absolute Gasteiger partial charge is 0.248 e. The van der Waals surface area contributed by atoms with Crippen molar-refractivity contribution in [3.8, 4) is 0 Å². The third-order valence-electron chi connectivity index (χ3n) is 1.94. The molecule has 1 amide bonds. The number of thioether (sulfide) groups is 1. The van der Waals surface area contributed by atoms with E-state index in [2.05, 4.69) is 0 Å². The highest BCUT2D eigenvalue weighted by Gasteiger charge is 2.15. The molecule has 0 radical (unpaired) electrons. The molecule has 1 aliphatic rings. The molecule has 1 aliphatic heterocycles. The van der Waals surface area contributed by atoms with E-state index in [1.54, 1.807) is 0 Å². The Kier molecular flexibility index (Phi) is 5.23. The van der Waals surface area contributed by atoms with Gasteiger partial charge < -0.3 is 9.64 Å². The minimum absolute atomic E-state index is 0.147.